The first-order valence-corrected chi connectivity index (χ1v) is 6.47. The average molecular weight is 264 g/mol. The summed E-state index contributed by atoms with van der Waals surface area (Å²) in [6.07, 6.45) is 7.05. The van der Waals surface area contributed by atoms with E-state index in [9.17, 15) is 0 Å². The molecule has 5 heteroatoms. The molecule has 0 radical (unpaired) electrons. The van der Waals surface area contributed by atoms with Crippen LogP contribution in [0.3, 0.4) is 0 Å². The van der Waals surface area contributed by atoms with Crippen LogP contribution < -0.4 is 0 Å². The van der Waals surface area contributed by atoms with Crippen LogP contribution in [-0.2, 0) is 0 Å². The van der Waals surface area contributed by atoms with E-state index in [2.05, 4.69) is 21.0 Å². The molecule has 0 N–H and O–H groups in total. The maximum Gasteiger partial charge on any atom is 0.153 e. The second-order valence-corrected chi connectivity index (χ2v) is 4.77. The summed E-state index contributed by atoms with van der Waals surface area (Å²) >= 11 is 1.66. The Kier molecular flexibility index (Phi) is 3.01. The van der Waals surface area contributed by atoms with Crippen molar-refractivity contribution >= 4 is 33.7 Å². The van der Waals surface area contributed by atoms with E-state index in [4.69, 9.17) is 5.26 Å². The number of rotatable bonds is 2. The highest BCUT2D eigenvalue weighted by molar-refractivity contribution is 7.17. The number of hydrogen-bond donors (Lipinski definition) is 0. The zero-order valence-electron chi connectivity index (χ0n) is 9.82. The van der Waals surface area contributed by atoms with E-state index in [-0.39, 0.29) is 0 Å². The van der Waals surface area contributed by atoms with E-state index in [0.29, 0.717) is 11.5 Å². The van der Waals surface area contributed by atoms with Crippen molar-refractivity contribution in [2.24, 2.45) is 0 Å². The predicted octanol–water partition coefficient (Wildman–Crippen LogP) is 3.13. The molecule has 0 aliphatic carbocycles. The minimum absolute atomic E-state index is 0.362. The summed E-state index contributed by atoms with van der Waals surface area (Å²) in [6.45, 7) is 0. The molecule has 0 saturated heterocycles. The van der Waals surface area contributed by atoms with Gasteiger partial charge in [0.05, 0.1) is 10.2 Å². The van der Waals surface area contributed by atoms with Crippen LogP contribution in [0.25, 0.3) is 22.4 Å². The van der Waals surface area contributed by atoms with Gasteiger partial charge in [-0.05, 0) is 41.3 Å². The van der Waals surface area contributed by atoms with Crippen LogP contribution in [-0.4, -0.2) is 15.0 Å². The van der Waals surface area contributed by atoms with Crippen LogP contribution in [0.15, 0.2) is 36.0 Å². The van der Waals surface area contributed by atoms with Gasteiger partial charge in [-0.2, -0.15) is 5.26 Å². The van der Waals surface area contributed by atoms with Gasteiger partial charge in [-0.15, -0.1) is 11.3 Å². The van der Waals surface area contributed by atoms with E-state index in [1.165, 1.54) is 0 Å². The third kappa shape index (κ3) is 2.49. The van der Waals surface area contributed by atoms with Crippen LogP contribution in [0.5, 0.6) is 0 Å². The fourth-order valence-corrected chi connectivity index (χ4v) is 2.43. The lowest BCUT2D eigenvalue weighted by Crippen LogP contribution is -1.89. The van der Waals surface area contributed by atoms with Crippen molar-refractivity contribution in [1.82, 2.24) is 15.0 Å². The molecule has 3 aromatic heterocycles. The van der Waals surface area contributed by atoms with Crippen LogP contribution >= 0.6 is 11.3 Å². The highest BCUT2D eigenvalue weighted by Crippen LogP contribution is 2.20. The van der Waals surface area contributed by atoms with E-state index in [1.807, 2.05) is 23.6 Å². The van der Waals surface area contributed by atoms with Crippen molar-refractivity contribution in [2.45, 2.75) is 0 Å². The first-order valence-electron chi connectivity index (χ1n) is 5.59. The van der Waals surface area contributed by atoms with Crippen molar-refractivity contribution in [3.8, 4) is 6.07 Å². The van der Waals surface area contributed by atoms with Crippen molar-refractivity contribution in [2.75, 3.05) is 0 Å². The minimum Gasteiger partial charge on any atom is -0.255 e. The highest BCUT2D eigenvalue weighted by atomic mass is 32.1. The number of nitrogens with zero attached hydrogens (tertiary/aromatic N) is 4. The summed E-state index contributed by atoms with van der Waals surface area (Å²) in [6, 6.07) is 7.63. The Morgan fingerprint density at radius 1 is 1.21 bits per heavy atom. The number of pyridine rings is 1. The molecule has 0 unspecified atom stereocenters. The number of fused-ring (bicyclic) bond motifs is 1. The second-order valence-electron chi connectivity index (χ2n) is 3.82. The van der Waals surface area contributed by atoms with Gasteiger partial charge >= 0.3 is 0 Å². The Balaban J connectivity index is 1.90. The number of nitriles is 1. The molecule has 0 fully saturated rings. The lowest BCUT2D eigenvalue weighted by atomic mass is 10.2. The molecule has 90 valence electrons. The molecule has 0 saturated carbocycles. The third-order valence-corrected chi connectivity index (χ3v) is 3.39. The van der Waals surface area contributed by atoms with Gasteiger partial charge < -0.3 is 0 Å². The summed E-state index contributed by atoms with van der Waals surface area (Å²) in [5.74, 6) is 0.519. The number of hydrogen-bond acceptors (Lipinski definition) is 5. The molecular formula is C14H8N4S. The maximum atomic E-state index is 8.77. The van der Waals surface area contributed by atoms with E-state index < -0.39 is 0 Å². The summed E-state index contributed by atoms with van der Waals surface area (Å²) < 4.78 is 1.15. The first-order chi connectivity index (χ1) is 9.35. The lowest BCUT2D eigenvalue weighted by Gasteiger charge is -1.94. The Morgan fingerprint density at radius 2 is 2.16 bits per heavy atom. The van der Waals surface area contributed by atoms with Crippen molar-refractivity contribution in [3.63, 3.8) is 0 Å². The summed E-state index contributed by atoms with van der Waals surface area (Å²) in [5.41, 5.74) is 2.35. The summed E-state index contributed by atoms with van der Waals surface area (Å²) in [5, 5.41) is 10.8. The van der Waals surface area contributed by atoms with Crippen LogP contribution in [0, 0.1) is 11.3 Å². The van der Waals surface area contributed by atoms with Gasteiger partial charge in [-0.25, -0.2) is 9.97 Å². The SMILES string of the molecule is N#Cc1ccnc(/C=C/c2cnc3ccsc3c2)n1. The van der Waals surface area contributed by atoms with Crippen molar-refractivity contribution in [3.05, 3.63) is 53.1 Å². The third-order valence-electron chi connectivity index (χ3n) is 2.54. The fraction of sp³-hybridized carbons (Fsp3) is 0. The molecular weight excluding hydrogens is 256 g/mol. The predicted molar refractivity (Wildman–Crippen MR) is 75.3 cm³/mol. The highest BCUT2D eigenvalue weighted by Gasteiger charge is 1.97. The Morgan fingerprint density at radius 3 is 3.05 bits per heavy atom. The van der Waals surface area contributed by atoms with Gasteiger partial charge in [0.25, 0.3) is 0 Å². The zero-order valence-corrected chi connectivity index (χ0v) is 10.6. The standard InChI is InChI=1S/C14H8N4S/c15-8-11-3-5-16-14(18-11)2-1-10-7-13-12(17-9-10)4-6-19-13/h1-7,9H/b2-1+. The van der Waals surface area contributed by atoms with Gasteiger partial charge in [0.2, 0.25) is 0 Å². The first kappa shape index (κ1) is 11.5. The molecule has 3 rings (SSSR count). The van der Waals surface area contributed by atoms with Crippen LogP contribution in [0.1, 0.15) is 17.1 Å². The normalized spacial score (nSPS) is 10.9. The monoisotopic (exact) mass is 264 g/mol. The van der Waals surface area contributed by atoms with Gasteiger partial charge in [-0.1, -0.05) is 0 Å². The second kappa shape index (κ2) is 4.96. The van der Waals surface area contributed by atoms with Gasteiger partial charge in [0.15, 0.2) is 5.82 Å². The van der Waals surface area contributed by atoms with Crippen molar-refractivity contribution < 1.29 is 0 Å². The molecule has 3 aromatic rings. The largest absolute Gasteiger partial charge is 0.255 e. The van der Waals surface area contributed by atoms with Crippen LogP contribution in [0.4, 0.5) is 0 Å². The molecule has 0 atom stereocenters. The lowest BCUT2D eigenvalue weighted by molar-refractivity contribution is 1.11. The molecule has 0 spiro atoms. The molecule has 0 aliphatic heterocycles. The maximum absolute atomic E-state index is 8.77. The topological polar surface area (TPSA) is 62.5 Å². The molecule has 0 aliphatic rings. The van der Waals surface area contributed by atoms with Gasteiger partial charge in [0, 0.05) is 12.4 Å². The molecule has 4 nitrogen and oxygen atoms in total. The summed E-state index contributed by atoms with van der Waals surface area (Å²) in [7, 11) is 0. The van der Waals surface area contributed by atoms with E-state index >= 15 is 0 Å². The smallest absolute Gasteiger partial charge is 0.153 e. The fourth-order valence-electron chi connectivity index (χ4n) is 1.64. The number of thiophene rings is 1. The Bertz CT molecular complexity index is 798. The van der Waals surface area contributed by atoms with Gasteiger partial charge in [-0.3, -0.25) is 4.98 Å². The molecule has 19 heavy (non-hydrogen) atoms. The molecule has 0 bridgehead atoms. The zero-order chi connectivity index (χ0) is 13.1. The summed E-state index contributed by atoms with van der Waals surface area (Å²) in [4.78, 5) is 12.5. The Labute approximate surface area is 113 Å². The number of aromatic nitrogens is 3. The Hall–Kier alpha value is -2.58. The van der Waals surface area contributed by atoms with Crippen LogP contribution in [0.2, 0.25) is 0 Å². The molecule has 0 aromatic carbocycles. The van der Waals surface area contributed by atoms with Gasteiger partial charge in [0.1, 0.15) is 11.8 Å². The molecule has 3 heterocycles. The average Bonchev–Trinajstić information content (AvgIpc) is 2.93. The molecule has 0 amide bonds. The van der Waals surface area contributed by atoms with E-state index in [1.54, 1.807) is 35.9 Å². The quantitative estimate of drug-likeness (QED) is 0.713. The minimum atomic E-state index is 0.362. The van der Waals surface area contributed by atoms with E-state index in [0.717, 1.165) is 15.8 Å². The van der Waals surface area contributed by atoms with Crippen molar-refractivity contribution in [1.29, 1.82) is 5.26 Å².